The van der Waals surface area contributed by atoms with Crippen molar-refractivity contribution in [1.29, 1.82) is 0 Å². The number of ether oxygens (including phenoxy) is 1. The van der Waals surface area contributed by atoms with Gasteiger partial charge in [0.15, 0.2) is 11.9 Å². The van der Waals surface area contributed by atoms with Gasteiger partial charge in [0.2, 0.25) is 0 Å². The average molecular weight is 495 g/mol. The van der Waals surface area contributed by atoms with Crippen molar-refractivity contribution in [3.05, 3.63) is 119 Å². The lowest BCUT2D eigenvalue weighted by molar-refractivity contribution is -0.122. The molecule has 2 unspecified atom stereocenters. The summed E-state index contributed by atoms with van der Waals surface area (Å²) in [7, 11) is 0. The monoisotopic (exact) mass is 494 g/mol. The quantitative estimate of drug-likeness (QED) is 0.352. The molecule has 3 aromatic carbocycles. The molecule has 1 aliphatic rings. The fourth-order valence-electron chi connectivity index (χ4n) is 4.85. The average Bonchev–Trinajstić information content (AvgIpc) is 3.42. The summed E-state index contributed by atoms with van der Waals surface area (Å²) in [5.41, 5.74) is 6.07. The number of nitrogens with one attached hydrogen (secondary N) is 1. The third-order valence-electron chi connectivity index (χ3n) is 6.66. The van der Waals surface area contributed by atoms with E-state index in [1.807, 2.05) is 79.4 Å². The van der Waals surface area contributed by atoms with E-state index in [9.17, 15) is 9.59 Å². The molecule has 0 saturated carbocycles. The van der Waals surface area contributed by atoms with Crippen molar-refractivity contribution < 1.29 is 18.7 Å². The summed E-state index contributed by atoms with van der Waals surface area (Å²) in [6.07, 6.45) is 1.52. The van der Waals surface area contributed by atoms with Gasteiger partial charge >= 0.3 is 0 Å². The molecule has 0 saturated heterocycles. The molecular weight excluding hydrogens is 464 g/mol. The summed E-state index contributed by atoms with van der Waals surface area (Å²) in [6.45, 7) is 6.32. The summed E-state index contributed by atoms with van der Waals surface area (Å²) in [5.74, 6) is 0.512. The van der Waals surface area contributed by atoms with Gasteiger partial charge < -0.3 is 19.4 Å². The highest BCUT2D eigenvalue weighted by Crippen LogP contribution is 2.38. The minimum Gasteiger partial charge on any atom is -0.481 e. The first-order chi connectivity index (χ1) is 17.9. The van der Waals surface area contributed by atoms with E-state index in [1.165, 1.54) is 6.26 Å². The Morgan fingerprint density at radius 2 is 1.76 bits per heavy atom. The summed E-state index contributed by atoms with van der Waals surface area (Å²) < 4.78 is 11.5. The van der Waals surface area contributed by atoms with Gasteiger partial charge in [-0.25, -0.2) is 0 Å². The number of furan rings is 1. The Bertz CT molecular complexity index is 1430. The predicted octanol–water partition coefficient (Wildman–Crippen LogP) is 6.09. The van der Waals surface area contributed by atoms with Crippen LogP contribution in [-0.4, -0.2) is 29.4 Å². The van der Waals surface area contributed by atoms with E-state index >= 15 is 0 Å². The van der Waals surface area contributed by atoms with Crippen molar-refractivity contribution in [3.8, 4) is 5.75 Å². The van der Waals surface area contributed by atoms with Gasteiger partial charge in [0.1, 0.15) is 5.75 Å². The van der Waals surface area contributed by atoms with E-state index < -0.39 is 6.10 Å². The van der Waals surface area contributed by atoms with Crippen LogP contribution in [0.5, 0.6) is 5.75 Å². The zero-order chi connectivity index (χ0) is 25.9. The molecule has 6 heteroatoms. The molecule has 1 N–H and O–H groups in total. The molecule has 1 aliphatic heterocycles. The lowest BCUT2D eigenvalue weighted by atomic mass is 9.87. The molecule has 0 fully saturated rings. The first-order valence-corrected chi connectivity index (χ1v) is 12.5. The number of amides is 2. The maximum absolute atomic E-state index is 13.4. The van der Waals surface area contributed by atoms with Crippen molar-refractivity contribution in [2.24, 2.45) is 0 Å². The number of anilines is 1. The second-order valence-electron chi connectivity index (χ2n) is 9.52. The lowest BCUT2D eigenvalue weighted by Gasteiger charge is -2.37. The Morgan fingerprint density at radius 1 is 0.973 bits per heavy atom. The van der Waals surface area contributed by atoms with Crippen molar-refractivity contribution in [1.82, 2.24) is 4.90 Å². The van der Waals surface area contributed by atoms with Gasteiger partial charge in [-0.1, -0.05) is 48.0 Å². The minimum atomic E-state index is -0.708. The molecule has 5 rings (SSSR count). The smallest absolute Gasteiger partial charge is 0.290 e. The molecule has 188 valence electrons. The van der Waals surface area contributed by atoms with Crippen LogP contribution in [0.4, 0.5) is 5.69 Å². The highest BCUT2D eigenvalue weighted by Gasteiger charge is 2.34. The molecule has 0 aliphatic carbocycles. The number of carbonyl (C=O) groups excluding carboxylic acids is 2. The van der Waals surface area contributed by atoms with Gasteiger partial charge in [-0.3, -0.25) is 9.59 Å². The Hall–Kier alpha value is -4.32. The summed E-state index contributed by atoms with van der Waals surface area (Å²) in [5, 5.41) is 2.92. The Balaban J connectivity index is 1.44. The van der Waals surface area contributed by atoms with E-state index in [0.717, 1.165) is 33.5 Å². The molecule has 2 heterocycles. The molecule has 4 aromatic rings. The van der Waals surface area contributed by atoms with Crippen molar-refractivity contribution in [2.45, 2.75) is 39.3 Å². The van der Waals surface area contributed by atoms with Crippen LogP contribution in [-0.2, 0) is 11.2 Å². The maximum Gasteiger partial charge on any atom is 0.290 e. The van der Waals surface area contributed by atoms with Crippen molar-refractivity contribution in [3.63, 3.8) is 0 Å². The molecule has 0 radical (unpaired) electrons. The van der Waals surface area contributed by atoms with Crippen LogP contribution >= 0.6 is 0 Å². The van der Waals surface area contributed by atoms with Crippen molar-refractivity contribution >= 4 is 17.5 Å². The molecule has 0 bridgehead atoms. The van der Waals surface area contributed by atoms with Gasteiger partial charge in [-0.05, 0) is 85.8 Å². The number of nitrogens with zero attached hydrogens (tertiary/aromatic N) is 1. The zero-order valence-electron chi connectivity index (χ0n) is 21.2. The van der Waals surface area contributed by atoms with Crippen LogP contribution in [0.3, 0.4) is 0 Å². The third kappa shape index (κ3) is 5.28. The predicted molar refractivity (Wildman–Crippen MR) is 143 cm³/mol. The lowest BCUT2D eigenvalue weighted by Crippen LogP contribution is -2.40. The summed E-state index contributed by atoms with van der Waals surface area (Å²) >= 11 is 0. The van der Waals surface area contributed by atoms with E-state index in [-0.39, 0.29) is 17.9 Å². The number of aryl methyl sites for hydroxylation is 2. The second kappa shape index (κ2) is 10.3. The van der Waals surface area contributed by atoms with Gasteiger partial charge in [0, 0.05) is 12.2 Å². The van der Waals surface area contributed by atoms with Crippen molar-refractivity contribution in [2.75, 3.05) is 11.9 Å². The largest absolute Gasteiger partial charge is 0.481 e. The first-order valence-electron chi connectivity index (χ1n) is 12.5. The highest BCUT2D eigenvalue weighted by molar-refractivity contribution is 5.94. The molecular formula is C31H30N2O4. The summed E-state index contributed by atoms with van der Waals surface area (Å²) in [4.78, 5) is 28.1. The molecule has 2 atom stereocenters. The standard InChI is InChI=1S/C31H30N2O4/c1-20-7-4-9-24(17-20)29-27-19-26(37-22(3)30(34)32-25-10-5-8-21(2)18-25)13-12-23(27)14-15-33(29)31(35)28-11-6-16-36-28/h4-13,16-19,22,29H,14-15H2,1-3H3,(H,32,34). The molecule has 2 amide bonds. The van der Waals surface area contributed by atoms with Crippen LogP contribution in [0.25, 0.3) is 0 Å². The van der Waals surface area contributed by atoms with Gasteiger partial charge in [-0.2, -0.15) is 0 Å². The number of fused-ring (bicyclic) bond motifs is 1. The van der Waals surface area contributed by atoms with Gasteiger partial charge in [-0.15, -0.1) is 0 Å². The van der Waals surface area contributed by atoms with E-state index in [1.54, 1.807) is 19.1 Å². The second-order valence-corrected chi connectivity index (χ2v) is 9.52. The number of carbonyl (C=O) groups is 2. The summed E-state index contributed by atoms with van der Waals surface area (Å²) in [6, 6.07) is 24.9. The van der Waals surface area contributed by atoms with Crippen LogP contribution in [0, 0.1) is 13.8 Å². The minimum absolute atomic E-state index is 0.153. The Kier molecular flexibility index (Phi) is 6.82. The number of hydrogen-bond acceptors (Lipinski definition) is 4. The van der Waals surface area contributed by atoms with E-state index in [0.29, 0.717) is 24.5 Å². The fraction of sp³-hybridized carbons (Fsp3) is 0.226. The van der Waals surface area contributed by atoms with Gasteiger partial charge in [0.05, 0.1) is 12.3 Å². The topological polar surface area (TPSA) is 71.8 Å². The first kappa shape index (κ1) is 24.4. The Morgan fingerprint density at radius 3 is 2.49 bits per heavy atom. The normalized spacial score (nSPS) is 15.5. The van der Waals surface area contributed by atoms with Crippen LogP contribution < -0.4 is 10.1 Å². The highest BCUT2D eigenvalue weighted by atomic mass is 16.5. The maximum atomic E-state index is 13.4. The van der Waals surface area contributed by atoms with Gasteiger partial charge in [0.25, 0.3) is 11.8 Å². The Labute approximate surface area is 216 Å². The number of rotatable bonds is 6. The molecule has 0 spiro atoms. The van der Waals surface area contributed by atoms with Crippen LogP contribution in [0.15, 0.2) is 89.5 Å². The molecule has 6 nitrogen and oxygen atoms in total. The SMILES string of the molecule is Cc1cccc(NC(=O)C(C)Oc2ccc3c(c2)C(c2cccc(C)c2)N(C(=O)c2ccco2)CC3)c1. The fourth-order valence-corrected chi connectivity index (χ4v) is 4.85. The number of benzene rings is 3. The molecule has 37 heavy (non-hydrogen) atoms. The third-order valence-corrected chi connectivity index (χ3v) is 6.66. The van der Waals surface area contributed by atoms with E-state index in [4.69, 9.17) is 9.15 Å². The zero-order valence-corrected chi connectivity index (χ0v) is 21.2. The number of hydrogen-bond donors (Lipinski definition) is 1. The van der Waals surface area contributed by atoms with Crippen LogP contribution in [0.1, 0.15) is 51.3 Å². The van der Waals surface area contributed by atoms with E-state index in [2.05, 4.69) is 11.4 Å². The molecule has 1 aromatic heterocycles. The van der Waals surface area contributed by atoms with Crippen LogP contribution in [0.2, 0.25) is 0 Å².